The van der Waals surface area contributed by atoms with E-state index < -0.39 is 0 Å². The molecule has 0 spiro atoms. The Morgan fingerprint density at radius 1 is 0.676 bits per heavy atom. The van der Waals surface area contributed by atoms with Crippen molar-refractivity contribution in [3.63, 3.8) is 0 Å². The van der Waals surface area contributed by atoms with Crippen molar-refractivity contribution >= 4 is 10.9 Å². The van der Waals surface area contributed by atoms with Gasteiger partial charge in [0.05, 0.1) is 25.4 Å². The van der Waals surface area contributed by atoms with Crippen LogP contribution in [0.1, 0.15) is 11.1 Å². The van der Waals surface area contributed by atoms with Crippen LogP contribution in [-0.2, 0) is 6.42 Å². The molecule has 4 heteroatoms. The summed E-state index contributed by atoms with van der Waals surface area (Å²) >= 11 is 0. The Morgan fingerprint density at radius 3 is 1.91 bits per heavy atom. The summed E-state index contributed by atoms with van der Waals surface area (Å²) in [6.07, 6.45) is 0.530. The number of benzene rings is 4. The fourth-order valence-corrected chi connectivity index (χ4v) is 4.40. The van der Waals surface area contributed by atoms with E-state index in [1.165, 1.54) is 0 Å². The van der Waals surface area contributed by atoms with E-state index >= 15 is 0 Å². The molecule has 0 fully saturated rings. The molecule has 0 amide bonds. The molecule has 1 heterocycles. The topological polar surface area (TPSA) is 40.5 Å². The molecule has 0 saturated carbocycles. The van der Waals surface area contributed by atoms with Crippen LogP contribution >= 0.6 is 0 Å². The molecule has 0 bridgehead atoms. The van der Waals surface area contributed by atoms with Gasteiger partial charge < -0.3 is 14.0 Å². The molecule has 168 valence electrons. The summed E-state index contributed by atoms with van der Waals surface area (Å²) in [6.45, 7) is 0. The molecule has 0 aliphatic heterocycles. The minimum Gasteiger partial charge on any atom is -0.497 e. The molecular weight excluding hydrogens is 422 g/mol. The van der Waals surface area contributed by atoms with Gasteiger partial charge in [-0.05, 0) is 71.8 Å². The summed E-state index contributed by atoms with van der Waals surface area (Å²) in [5.74, 6) is 1.55. The van der Waals surface area contributed by atoms with Gasteiger partial charge in [0.25, 0.3) is 0 Å². The number of hydrogen-bond acceptors (Lipinski definition) is 3. The lowest BCUT2D eigenvalue weighted by atomic mass is 9.95. The van der Waals surface area contributed by atoms with Crippen molar-refractivity contribution < 1.29 is 9.47 Å². The third-order valence-corrected chi connectivity index (χ3v) is 6.09. The first-order valence-corrected chi connectivity index (χ1v) is 11.2. The summed E-state index contributed by atoms with van der Waals surface area (Å²) in [7, 11) is 3.31. The van der Waals surface area contributed by atoms with Crippen molar-refractivity contribution in [2.24, 2.45) is 0 Å². The predicted molar refractivity (Wildman–Crippen MR) is 137 cm³/mol. The van der Waals surface area contributed by atoms with Crippen molar-refractivity contribution in [2.45, 2.75) is 6.42 Å². The number of rotatable bonds is 6. The van der Waals surface area contributed by atoms with Crippen LogP contribution in [-0.4, -0.2) is 18.8 Å². The Balaban J connectivity index is 1.87. The van der Waals surface area contributed by atoms with Gasteiger partial charge in [0.1, 0.15) is 11.5 Å². The average Bonchev–Trinajstić information content (AvgIpc) is 2.91. The first-order valence-electron chi connectivity index (χ1n) is 11.2. The van der Waals surface area contributed by atoms with E-state index in [-0.39, 0.29) is 5.43 Å². The van der Waals surface area contributed by atoms with Crippen molar-refractivity contribution in [1.82, 2.24) is 4.57 Å². The Hall–Kier alpha value is -4.31. The number of hydrogen-bond donors (Lipinski definition) is 0. The molecule has 5 rings (SSSR count). The number of nitrogens with zero attached hydrogens (tertiary/aromatic N) is 1. The Labute approximate surface area is 198 Å². The van der Waals surface area contributed by atoms with Gasteiger partial charge in [-0.2, -0.15) is 0 Å². The normalized spacial score (nSPS) is 10.9. The molecular formula is C30H25NO3. The zero-order valence-electron chi connectivity index (χ0n) is 19.2. The molecule has 0 aliphatic carbocycles. The molecule has 4 nitrogen and oxygen atoms in total. The van der Waals surface area contributed by atoms with Crippen molar-refractivity contribution in [2.75, 3.05) is 14.2 Å². The van der Waals surface area contributed by atoms with Gasteiger partial charge in [-0.25, -0.2) is 0 Å². The quantitative estimate of drug-likeness (QED) is 0.308. The summed E-state index contributed by atoms with van der Waals surface area (Å²) in [4.78, 5) is 13.9. The highest BCUT2D eigenvalue weighted by Gasteiger charge is 2.20. The monoisotopic (exact) mass is 447 g/mol. The van der Waals surface area contributed by atoms with Gasteiger partial charge in [-0.1, -0.05) is 42.5 Å². The van der Waals surface area contributed by atoms with Crippen LogP contribution < -0.4 is 14.9 Å². The molecule has 1 aromatic heterocycles. The van der Waals surface area contributed by atoms with E-state index in [1.807, 2.05) is 91.0 Å². The van der Waals surface area contributed by atoms with Gasteiger partial charge in [-0.15, -0.1) is 0 Å². The second-order valence-corrected chi connectivity index (χ2v) is 8.10. The lowest BCUT2D eigenvalue weighted by molar-refractivity contribution is 0.414. The van der Waals surface area contributed by atoms with Crippen LogP contribution in [0.2, 0.25) is 0 Å². The molecule has 4 aromatic carbocycles. The van der Waals surface area contributed by atoms with E-state index in [2.05, 4.69) is 16.7 Å². The molecule has 0 radical (unpaired) electrons. The Morgan fingerprint density at radius 2 is 1.26 bits per heavy atom. The summed E-state index contributed by atoms with van der Waals surface area (Å²) in [6, 6.07) is 33.7. The lowest BCUT2D eigenvalue weighted by Crippen LogP contribution is -2.18. The summed E-state index contributed by atoms with van der Waals surface area (Å²) < 4.78 is 12.9. The zero-order valence-corrected chi connectivity index (χ0v) is 19.2. The maximum absolute atomic E-state index is 13.9. The lowest BCUT2D eigenvalue weighted by Gasteiger charge is -2.22. The van der Waals surface area contributed by atoms with E-state index in [9.17, 15) is 4.79 Å². The van der Waals surface area contributed by atoms with Crippen LogP contribution in [0.25, 0.3) is 27.8 Å². The predicted octanol–water partition coefficient (Wildman–Crippen LogP) is 6.27. The van der Waals surface area contributed by atoms with Gasteiger partial charge in [0.2, 0.25) is 0 Å². The molecule has 5 aromatic rings. The standard InChI is InChI=1S/C30H25NO3/c1-33-24-16-12-22(13-17-24)29-27(20-21-8-4-3-5-9-21)30(32)26-10-6-7-11-28(26)31(29)23-14-18-25(34-2)19-15-23/h3-19H,20H2,1-2H3. The van der Waals surface area contributed by atoms with Gasteiger partial charge >= 0.3 is 0 Å². The number of para-hydroxylation sites is 1. The highest BCUT2D eigenvalue weighted by atomic mass is 16.5. The first-order chi connectivity index (χ1) is 16.7. The van der Waals surface area contributed by atoms with E-state index in [0.717, 1.165) is 45.1 Å². The van der Waals surface area contributed by atoms with E-state index in [4.69, 9.17) is 9.47 Å². The maximum atomic E-state index is 13.9. The van der Waals surface area contributed by atoms with E-state index in [1.54, 1.807) is 14.2 Å². The third kappa shape index (κ3) is 3.95. The van der Waals surface area contributed by atoms with Crippen LogP contribution in [0.15, 0.2) is 108 Å². The van der Waals surface area contributed by atoms with Crippen LogP contribution in [0.3, 0.4) is 0 Å². The minimum absolute atomic E-state index is 0.0510. The Kier molecular flexibility index (Phi) is 5.88. The highest BCUT2D eigenvalue weighted by molar-refractivity contribution is 5.87. The molecule has 0 saturated heterocycles. The summed E-state index contributed by atoms with van der Waals surface area (Å²) in [5, 5.41) is 0.696. The molecule has 0 aliphatic rings. The molecule has 0 unspecified atom stereocenters. The average molecular weight is 448 g/mol. The SMILES string of the molecule is COc1ccc(-c2c(Cc3ccccc3)c(=O)c3ccccc3n2-c2ccc(OC)cc2)cc1. The second kappa shape index (κ2) is 9.28. The Bertz CT molecular complexity index is 1490. The van der Waals surface area contributed by atoms with Crippen molar-refractivity contribution in [3.05, 3.63) is 124 Å². The number of pyridine rings is 1. The van der Waals surface area contributed by atoms with Crippen molar-refractivity contribution in [3.8, 4) is 28.4 Å². The molecule has 0 atom stereocenters. The highest BCUT2D eigenvalue weighted by Crippen LogP contribution is 2.32. The van der Waals surface area contributed by atoms with Crippen molar-refractivity contribution in [1.29, 1.82) is 0 Å². The summed E-state index contributed by atoms with van der Waals surface area (Å²) in [5.41, 5.74) is 5.54. The largest absolute Gasteiger partial charge is 0.497 e. The number of methoxy groups -OCH3 is 2. The third-order valence-electron chi connectivity index (χ3n) is 6.09. The van der Waals surface area contributed by atoms with Gasteiger partial charge in [0, 0.05) is 23.1 Å². The molecule has 0 N–H and O–H groups in total. The van der Waals surface area contributed by atoms with Crippen LogP contribution in [0.5, 0.6) is 11.5 Å². The fourth-order valence-electron chi connectivity index (χ4n) is 4.40. The zero-order chi connectivity index (χ0) is 23.5. The van der Waals surface area contributed by atoms with Gasteiger partial charge in [-0.3, -0.25) is 4.79 Å². The van der Waals surface area contributed by atoms with Crippen LogP contribution in [0.4, 0.5) is 0 Å². The smallest absolute Gasteiger partial charge is 0.193 e. The fraction of sp³-hybridized carbons (Fsp3) is 0.100. The number of ether oxygens (including phenoxy) is 2. The maximum Gasteiger partial charge on any atom is 0.193 e. The number of aromatic nitrogens is 1. The van der Waals surface area contributed by atoms with Gasteiger partial charge in [0.15, 0.2) is 5.43 Å². The van der Waals surface area contributed by atoms with Crippen LogP contribution in [0, 0.1) is 0 Å². The molecule has 34 heavy (non-hydrogen) atoms. The minimum atomic E-state index is 0.0510. The first kappa shape index (κ1) is 21.5. The second-order valence-electron chi connectivity index (χ2n) is 8.10. The van der Waals surface area contributed by atoms with E-state index in [0.29, 0.717) is 11.8 Å². The number of fused-ring (bicyclic) bond motifs is 1.